The Morgan fingerprint density at radius 2 is 0.519 bits per heavy atom. The molecular weight excluding hydrogens is 1030 g/mol. The van der Waals surface area contributed by atoms with E-state index in [0.717, 1.165) is 103 Å². The van der Waals surface area contributed by atoms with Crippen LogP contribution in [0.4, 0.5) is 0 Å². The van der Waals surface area contributed by atoms with Gasteiger partial charge in [0.25, 0.3) is 0 Å². The molecule has 0 aliphatic heterocycles. The maximum atomic E-state index is 12.9. The van der Waals surface area contributed by atoms with Gasteiger partial charge in [0.1, 0.15) is 19.3 Å². The third-order valence-electron chi connectivity index (χ3n) is 13.4. The zero-order valence-corrected chi connectivity index (χ0v) is 50.7. The Morgan fingerprint density at radius 3 is 0.766 bits per heavy atom. The number of unbranched alkanes of at least 4 members (excludes halogenated alkanes) is 33. The molecule has 0 rings (SSSR count). The van der Waals surface area contributed by atoms with Crippen LogP contribution in [0.15, 0.2) is 0 Å². The van der Waals surface area contributed by atoms with Crippen molar-refractivity contribution in [1.29, 1.82) is 0 Å². The van der Waals surface area contributed by atoms with Gasteiger partial charge in [-0.25, -0.2) is 9.13 Å². The number of rotatable bonds is 59. The lowest BCUT2D eigenvalue weighted by Crippen LogP contribution is -2.30. The lowest BCUT2D eigenvalue weighted by molar-refractivity contribution is -0.161. The van der Waals surface area contributed by atoms with Crippen LogP contribution in [0.1, 0.15) is 291 Å². The van der Waals surface area contributed by atoms with E-state index in [9.17, 15) is 43.2 Å². The highest BCUT2D eigenvalue weighted by Crippen LogP contribution is 2.45. The Balaban J connectivity index is 5.19. The maximum absolute atomic E-state index is 12.9. The van der Waals surface area contributed by atoms with Crippen molar-refractivity contribution in [2.45, 2.75) is 309 Å². The van der Waals surface area contributed by atoms with Gasteiger partial charge in [-0.15, -0.1) is 0 Å². The minimum absolute atomic E-state index is 0.105. The van der Waals surface area contributed by atoms with E-state index < -0.39 is 97.5 Å². The van der Waals surface area contributed by atoms with E-state index >= 15 is 0 Å². The van der Waals surface area contributed by atoms with Gasteiger partial charge in [-0.05, 0) is 25.7 Å². The molecule has 0 bridgehead atoms. The fraction of sp³-hybridized carbons (Fsp3) is 0.931. The molecule has 0 aromatic rings. The fourth-order valence-corrected chi connectivity index (χ4v) is 10.2. The van der Waals surface area contributed by atoms with Gasteiger partial charge in [0.2, 0.25) is 0 Å². The number of hydrogen-bond donors (Lipinski definition) is 3. The molecular formula is C58H112O17P2. The van der Waals surface area contributed by atoms with Crippen LogP contribution in [0.2, 0.25) is 0 Å². The van der Waals surface area contributed by atoms with Crippen molar-refractivity contribution in [2.75, 3.05) is 39.6 Å². The summed E-state index contributed by atoms with van der Waals surface area (Å²) in [6, 6.07) is 0. The van der Waals surface area contributed by atoms with Gasteiger partial charge >= 0.3 is 39.5 Å². The fourth-order valence-electron chi connectivity index (χ4n) is 8.57. The smallest absolute Gasteiger partial charge is 0.462 e. The molecule has 0 spiro atoms. The molecule has 0 fully saturated rings. The second-order valence-electron chi connectivity index (χ2n) is 21.0. The topological polar surface area (TPSA) is 237 Å². The first-order chi connectivity index (χ1) is 37.2. The van der Waals surface area contributed by atoms with Crippen LogP contribution in [-0.4, -0.2) is 96.7 Å². The molecule has 0 aromatic carbocycles. The molecule has 0 heterocycles. The zero-order valence-electron chi connectivity index (χ0n) is 48.9. The number of aliphatic hydroxyl groups is 1. The monoisotopic (exact) mass is 1140 g/mol. The highest BCUT2D eigenvalue weighted by molar-refractivity contribution is 7.47. The lowest BCUT2D eigenvalue weighted by Gasteiger charge is -2.21. The van der Waals surface area contributed by atoms with Crippen LogP contribution in [0.25, 0.3) is 0 Å². The summed E-state index contributed by atoms with van der Waals surface area (Å²) in [5.74, 6) is -2.15. The summed E-state index contributed by atoms with van der Waals surface area (Å²) in [5, 5.41) is 10.5. The van der Waals surface area contributed by atoms with Crippen molar-refractivity contribution in [3.63, 3.8) is 0 Å². The van der Waals surface area contributed by atoms with Gasteiger partial charge in [0.15, 0.2) is 12.2 Å². The standard InChI is InChI=1S/C58H112O17P2/c1-5-9-13-17-21-25-27-29-32-35-39-43-56(61)69-49-53(74-57(62)44-40-36-31-24-20-16-12-8-4)50-72-76(64,65)70-46-52(59)47-71-77(66,67)73-51-54(48-68-55(60)42-38-34-30-23-19-15-11-7-3)75-58(63)45-41-37-33-28-26-22-18-14-10-6-2/h52-54,59H,5-51H2,1-4H3,(H,64,65)(H,66,67)/t52-,53-,54-/m1/s1. The van der Waals surface area contributed by atoms with Crippen molar-refractivity contribution in [2.24, 2.45) is 0 Å². The number of carbonyl (C=O) groups excluding carboxylic acids is 4. The summed E-state index contributed by atoms with van der Waals surface area (Å²) >= 11 is 0. The Bertz CT molecular complexity index is 1500. The van der Waals surface area contributed by atoms with E-state index in [0.29, 0.717) is 25.7 Å². The molecule has 0 amide bonds. The van der Waals surface area contributed by atoms with Crippen LogP contribution >= 0.6 is 15.6 Å². The first-order valence-electron chi connectivity index (χ1n) is 30.8. The van der Waals surface area contributed by atoms with Gasteiger partial charge in [-0.2, -0.15) is 0 Å². The van der Waals surface area contributed by atoms with E-state index in [2.05, 4.69) is 27.7 Å². The molecule has 0 aliphatic rings. The van der Waals surface area contributed by atoms with Gasteiger partial charge < -0.3 is 33.8 Å². The number of hydrogen-bond acceptors (Lipinski definition) is 15. The van der Waals surface area contributed by atoms with Gasteiger partial charge in [-0.1, -0.05) is 240 Å². The Labute approximate surface area is 467 Å². The maximum Gasteiger partial charge on any atom is 0.472 e. The molecule has 0 aliphatic carbocycles. The number of phosphoric ester groups is 2. The van der Waals surface area contributed by atoms with E-state index in [1.54, 1.807) is 0 Å². The molecule has 0 radical (unpaired) electrons. The molecule has 2 unspecified atom stereocenters. The highest BCUT2D eigenvalue weighted by Gasteiger charge is 2.30. The number of esters is 4. The Hall–Kier alpha value is -1.94. The third kappa shape index (κ3) is 53.2. The number of phosphoric acid groups is 2. The first kappa shape index (κ1) is 75.1. The second kappa shape index (κ2) is 53.4. The average Bonchev–Trinajstić information content (AvgIpc) is 3.40. The molecule has 456 valence electrons. The summed E-state index contributed by atoms with van der Waals surface area (Å²) in [5.41, 5.74) is 0. The van der Waals surface area contributed by atoms with E-state index in [4.69, 9.17) is 37.0 Å². The Kier molecular flexibility index (Phi) is 52.0. The molecule has 3 N–H and O–H groups in total. The Morgan fingerprint density at radius 1 is 0.312 bits per heavy atom. The van der Waals surface area contributed by atoms with Crippen LogP contribution in [0.3, 0.4) is 0 Å². The summed E-state index contributed by atoms with van der Waals surface area (Å²) in [6.45, 7) is 4.78. The van der Waals surface area contributed by atoms with Crippen LogP contribution < -0.4 is 0 Å². The highest BCUT2D eigenvalue weighted by atomic mass is 31.2. The number of carbonyl (C=O) groups is 4. The van der Waals surface area contributed by atoms with Crippen molar-refractivity contribution in [3.8, 4) is 0 Å². The quantitative estimate of drug-likeness (QED) is 0.0222. The van der Waals surface area contributed by atoms with Crippen molar-refractivity contribution in [3.05, 3.63) is 0 Å². The van der Waals surface area contributed by atoms with Crippen LogP contribution in [0, 0.1) is 0 Å². The van der Waals surface area contributed by atoms with Gasteiger partial charge in [-0.3, -0.25) is 37.3 Å². The molecule has 19 heteroatoms. The predicted molar refractivity (Wildman–Crippen MR) is 303 cm³/mol. The molecule has 0 saturated carbocycles. The summed E-state index contributed by atoms with van der Waals surface area (Å²) < 4.78 is 67.6. The normalized spacial score (nSPS) is 14.3. The molecule has 5 atom stereocenters. The summed E-state index contributed by atoms with van der Waals surface area (Å²) in [7, 11) is -9.86. The third-order valence-corrected chi connectivity index (χ3v) is 15.3. The average molecular weight is 1140 g/mol. The van der Waals surface area contributed by atoms with E-state index in [-0.39, 0.29) is 25.7 Å². The van der Waals surface area contributed by atoms with E-state index in [1.165, 1.54) is 109 Å². The SMILES string of the molecule is CCCCCCCCCCCCCC(=O)OC[C@H](COP(=O)(O)OC[C@@H](O)COP(=O)(O)OC[C@@H](COC(=O)CCCCCCCCCC)OC(=O)CCCCCCCCCCCC)OC(=O)CCCCCCCCCC. The molecule has 77 heavy (non-hydrogen) atoms. The molecule has 0 saturated heterocycles. The van der Waals surface area contributed by atoms with Crippen molar-refractivity contribution < 1.29 is 80.2 Å². The second-order valence-corrected chi connectivity index (χ2v) is 23.9. The van der Waals surface area contributed by atoms with Crippen molar-refractivity contribution >= 4 is 39.5 Å². The zero-order chi connectivity index (χ0) is 56.9. The minimum Gasteiger partial charge on any atom is -0.462 e. The summed E-state index contributed by atoms with van der Waals surface area (Å²) in [4.78, 5) is 71.7. The molecule has 17 nitrogen and oxygen atoms in total. The van der Waals surface area contributed by atoms with E-state index in [1.807, 2.05) is 0 Å². The van der Waals surface area contributed by atoms with Crippen LogP contribution in [0.5, 0.6) is 0 Å². The first-order valence-corrected chi connectivity index (χ1v) is 33.8. The van der Waals surface area contributed by atoms with Gasteiger partial charge in [0.05, 0.1) is 26.4 Å². The largest absolute Gasteiger partial charge is 0.472 e. The number of ether oxygens (including phenoxy) is 4. The van der Waals surface area contributed by atoms with Gasteiger partial charge in [0, 0.05) is 25.7 Å². The number of aliphatic hydroxyl groups excluding tert-OH is 1. The predicted octanol–water partition coefficient (Wildman–Crippen LogP) is 15.6. The molecule has 0 aromatic heterocycles. The minimum atomic E-state index is -4.93. The lowest BCUT2D eigenvalue weighted by atomic mass is 10.1. The van der Waals surface area contributed by atoms with Crippen LogP contribution in [-0.2, 0) is 65.4 Å². The summed E-state index contributed by atoms with van der Waals surface area (Å²) in [6.07, 6.45) is 36.2. The van der Waals surface area contributed by atoms with Crippen molar-refractivity contribution in [1.82, 2.24) is 0 Å².